The van der Waals surface area contributed by atoms with Crippen LogP contribution in [0.2, 0.25) is 10.0 Å². The Bertz CT molecular complexity index is 547. The van der Waals surface area contributed by atoms with Gasteiger partial charge in [-0.2, -0.15) is 0 Å². The molecule has 0 spiro atoms. The van der Waals surface area contributed by atoms with Crippen LogP contribution in [0.25, 0.3) is 0 Å². The third kappa shape index (κ3) is 3.25. The topological polar surface area (TPSA) is 66.4 Å². The number of benzene rings is 1. The van der Waals surface area contributed by atoms with Gasteiger partial charge in [0, 0.05) is 5.02 Å². The van der Waals surface area contributed by atoms with E-state index in [-0.39, 0.29) is 11.8 Å². The molecule has 6 heteroatoms. The molecule has 2 N–H and O–H groups in total. The standard InChI is InChI=1S/C14H15Cl2NO3/c1-7-4-9(10(5-7)14(19)20)13(18)17-12-6-8(15)2-3-11(12)16/h2-3,6-7,9-10H,4-5H2,1H3,(H,17,18)(H,19,20). The second-order valence-corrected chi connectivity index (χ2v) is 6.08. The van der Waals surface area contributed by atoms with Crippen LogP contribution in [0.1, 0.15) is 19.8 Å². The van der Waals surface area contributed by atoms with Crippen LogP contribution < -0.4 is 5.32 Å². The predicted molar refractivity (Wildman–Crippen MR) is 78.1 cm³/mol. The van der Waals surface area contributed by atoms with Gasteiger partial charge in [-0.15, -0.1) is 0 Å². The molecule has 4 nitrogen and oxygen atoms in total. The maximum atomic E-state index is 12.3. The zero-order valence-electron chi connectivity index (χ0n) is 10.9. The minimum absolute atomic E-state index is 0.224. The van der Waals surface area contributed by atoms with Crippen molar-refractivity contribution in [1.82, 2.24) is 0 Å². The number of aliphatic carboxylic acids is 1. The summed E-state index contributed by atoms with van der Waals surface area (Å²) >= 11 is 11.8. The fourth-order valence-corrected chi connectivity index (χ4v) is 3.01. The molecule has 0 aliphatic heterocycles. The third-order valence-electron chi connectivity index (χ3n) is 3.64. The molecule has 3 unspecified atom stereocenters. The molecule has 1 aliphatic rings. The first-order chi connectivity index (χ1) is 9.38. The number of anilines is 1. The first-order valence-electron chi connectivity index (χ1n) is 6.37. The van der Waals surface area contributed by atoms with Crippen molar-refractivity contribution in [2.45, 2.75) is 19.8 Å². The van der Waals surface area contributed by atoms with Crippen molar-refractivity contribution in [2.75, 3.05) is 5.32 Å². The highest BCUT2D eigenvalue weighted by atomic mass is 35.5. The maximum Gasteiger partial charge on any atom is 0.307 e. The number of hydrogen-bond donors (Lipinski definition) is 2. The molecule has 1 aromatic rings. The lowest BCUT2D eigenvalue weighted by Crippen LogP contribution is -2.30. The van der Waals surface area contributed by atoms with Crippen LogP contribution in [-0.2, 0) is 9.59 Å². The SMILES string of the molecule is CC1CC(C(=O)O)C(C(=O)Nc2cc(Cl)ccc2Cl)C1. The van der Waals surface area contributed by atoms with E-state index in [1.165, 1.54) is 0 Å². The molecule has 20 heavy (non-hydrogen) atoms. The Morgan fingerprint density at radius 3 is 2.55 bits per heavy atom. The third-order valence-corrected chi connectivity index (χ3v) is 4.20. The number of carbonyl (C=O) groups excluding carboxylic acids is 1. The fourth-order valence-electron chi connectivity index (χ4n) is 2.67. The quantitative estimate of drug-likeness (QED) is 0.894. The molecule has 1 saturated carbocycles. The lowest BCUT2D eigenvalue weighted by Gasteiger charge is -2.16. The minimum atomic E-state index is -0.924. The van der Waals surface area contributed by atoms with Crippen LogP contribution in [0.5, 0.6) is 0 Å². The van der Waals surface area contributed by atoms with Crippen LogP contribution in [0, 0.1) is 17.8 Å². The van der Waals surface area contributed by atoms with E-state index < -0.39 is 17.8 Å². The smallest absolute Gasteiger partial charge is 0.307 e. The molecule has 108 valence electrons. The number of hydrogen-bond acceptors (Lipinski definition) is 2. The van der Waals surface area contributed by atoms with Gasteiger partial charge >= 0.3 is 5.97 Å². The highest BCUT2D eigenvalue weighted by molar-refractivity contribution is 6.35. The summed E-state index contributed by atoms with van der Waals surface area (Å²) < 4.78 is 0. The van der Waals surface area contributed by atoms with E-state index in [2.05, 4.69) is 5.32 Å². The van der Waals surface area contributed by atoms with E-state index in [0.29, 0.717) is 28.6 Å². The molecule has 1 aromatic carbocycles. The van der Waals surface area contributed by atoms with Gasteiger partial charge in [0.05, 0.1) is 22.5 Å². The normalized spacial score (nSPS) is 25.4. The van der Waals surface area contributed by atoms with Gasteiger partial charge in [0.15, 0.2) is 0 Å². The average Bonchev–Trinajstić information content (AvgIpc) is 2.76. The summed E-state index contributed by atoms with van der Waals surface area (Å²) in [5, 5.41) is 12.7. The summed E-state index contributed by atoms with van der Waals surface area (Å²) in [6, 6.07) is 4.76. The van der Waals surface area contributed by atoms with Gasteiger partial charge < -0.3 is 10.4 Å². The molecular formula is C14H15Cl2NO3. The van der Waals surface area contributed by atoms with Crippen molar-refractivity contribution < 1.29 is 14.7 Å². The predicted octanol–water partition coefficient (Wildman–Crippen LogP) is 3.68. The van der Waals surface area contributed by atoms with Crippen molar-refractivity contribution in [3.8, 4) is 0 Å². The fraction of sp³-hybridized carbons (Fsp3) is 0.429. The second-order valence-electron chi connectivity index (χ2n) is 5.24. The van der Waals surface area contributed by atoms with Crippen molar-refractivity contribution in [3.63, 3.8) is 0 Å². The van der Waals surface area contributed by atoms with E-state index in [4.69, 9.17) is 23.2 Å². The number of halogens is 2. The van der Waals surface area contributed by atoms with Crippen LogP contribution in [0.4, 0.5) is 5.69 Å². The number of amides is 1. The number of rotatable bonds is 3. The minimum Gasteiger partial charge on any atom is -0.481 e. The summed E-state index contributed by atoms with van der Waals surface area (Å²) in [6.45, 7) is 1.95. The van der Waals surface area contributed by atoms with Crippen molar-refractivity contribution in [2.24, 2.45) is 17.8 Å². The van der Waals surface area contributed by atoms with Crippen molar-refractivity contribution in [1.29, 1.82) is 0 Å². The monoisotopic (exact) mass is 315 g/mol. The molecular weight excluding hydrogens is 301 g/mol. The first-order valence-corrected chi connectivity index (χ1v) is 7.12. The Hall–Kier alpha value is -1.26. The number of carboxylic acids is 1. The maximum absolute atomic E-state index is 12.3. The zero-order chi connectivity index (χ0) is 14.9. The molecule has 1 aliphatic carbocycles. The van der Waals surface area contributed by atoms with E-state index in [1.807, 2.05) is 6.92 Å². The van der Waals surface area contributed by atoms with Crippen LogP contribution >= 0.6 is 23.2 Å². The Balaban J connectivity index is 2.15. The Morgan fingerprint density at radius 2 is 1.90 bits per heavy atom. The first kappa shape index (κ1) is 15.1. The molecule has 0 saturated heterocycles. The molecule has 0 heterocycles. The highest BCUT2D eigenvalue weighted by Gasteiger charge is 2.41. The summed E-state index contributed by atoms with van der Waals surface area (Å²) in [5.74, 6) is -2.18. The van der Waals surface area contributed by atoms with Crippen LogP contribution in [0.3, 0.4) is 0 Å². The van der Waals surface area contributed by atoms with Crippen LogP contribution in [0.15, 0.2) is 18.2 Å². The number of carboxylic acid groups (broad SMARTS) is 1. The van der Waals surface area contributed by atoms with Crippen LogP contribution in [-0.4, -0.2) is 17.0 Å². The highest BCUT2D eigenvalue weighted by Crippen LogP contribution is 2.37. The summed E-state index contributed by atoms with van der Waals surface area (Å²) in [4.78, 5) is 23.5. The Morgan fingerprint density at radius 1 is 1.25 bits per heavy atom. The molecule has 0 bridgehead atoms. The van der Waals surface area contributed by atoms with E-state index in [0.717, 1.165) is 0 Å². The largest absolute Gasteiger partial charge is 0.481 e. The molecule has 0 aromatic heterocycles. The van der Waals surface area contributed by atoms with Gasteiger partial charge in [-0.25, -0.2) is 0 Å². The Kier molecular flexibility index (Phi) is 4.55. The van der Waals surface area contributed by atoms with Gasteiger partial charge in [-0.05, 0) is 37.0 Å². The van der Waals surface area contributed by atoms with Gasteiger partial charge in [-0.1, -0.05) is 30.1 Å². The molecule has 1 amide bonds. The van der Waals surface area contributed by atoms with Crippen molar-refractivity contribution >= 4 is 40.8 Å². The molecule has 2 rings (SSSR count). The summed E-state index contributed by atoms with van der Waals surface area (Å²) in [5.41, 5.74) is 0.410. The second kappa shape index (κ2) is 6.02. The lowest BCUT2D eigenvalue weighted by molar-refractivity contribution is -0.145. The van der Waals surface area contributed by atoms with Gasteiger partial charge in [-0.3, -0.25) is 9.59 Å². The van der Waals surface area contributed by atoms with Gasteiger partial charge in [0.1, 0.15) is 0 Å². The van der Waals surface area contributed by atoms with E-state index in [1.54, 1.807) is 18.2 Å². The number of carbonyl (C=O) groups is 2. The van der Waals surface area contributed by atoms with E-state index >= 15 is 0 Å². The molecule has 1 fully saturated rings. The zero-order valence-corrected chi connectivity index (χ0v) is 12.4. The summed E-state index contributed by atoms with van der Waals surface area (Å²) in [6.07, 6.45) is 1.09. The number of nitrogens with one attached hydrogen (secondary N) is 1. The van der Waals surface area contributed by atoms with E-state index in [9.17, 15) is 14.7 Å². The summed E-state index contributed by atoms with van der Waals surface area (Å²) in [7, 11) is 0. The lowest BCUT2D eigenvalue weighted by atomic mass is 9.95. The average molecular weight is 316 g/mol. The molecule has 0 radical (unpaired) electrons. The molecule has 3 atom stereocenters. The Labute approximate surface area is 127 Å². The van der Waals surface area contributed by atoms with Crippen molar-refractivity contribution in [3.05, 3.63) is 28.2 Å². The van der Waals surface area contributed by atoms with Gasteiger partial charge in [0.2, 0.25) is 5.91 Å². The van der Waals surface area contributed by atoms with Gasteiger partial charge in [0.25, 0.3) is 0 Å².